The lowest BCUT2D eigenvalue weighted by Gasteiger charge is -2.11. The lowest BCUT2D eigenvalue weighted by molar-refractivity contribution is 0.237. The summed E-state index contributed by atoms with van der Waals surface area (Å²) in [5.74, 6) is 2.47. The van der Waals surface area contributed by atoms with E-state index in [2.05, 4.69) is 16.6 Å². The lowest BCUT2D eigenvalue weighted by Crippen LogP contribution is -2.41. The molecule has 0 aromatic rings. The van der Waals surface area contributed by atoms with Crippen LogP contribution in [0.3, 0.4) is 0 Å². The van der Waals surface area contributed by atoms with Crippen molar-refractivity contribution >= 4 is 6.03 Å². The normalized spacial score (nSPS) is 16.5. The highest BCUT2D eigenvalue weighted by Crippen LogP contribution is 2.17. The maximum absolute atomic E-state index is 11.2. The van der Waals surface area contributed by atoms with Crippen molar-refractivity contribution in [2.75, 3.05) is 6.54 Å². The molecule has 0 aromatic heterocycles. The summed E-state index contributed by atoms with van der Waals surface area (Å²) in [6.07, 6.45) is 10.3. The van der Waals surface area contributed by atoms with Gasteiger partial charge >= 0.3 is 6.03 Å². The first-order valence-electron chi connectivity index (χ1n) is 4.81. The summed E-state index contributed by atoms with van der Waals surface area (Å²) < 4.78 is 0. The fraction of sp³-hybridized carbons (Fsp3) is 0.700. The van der Waals surface area contributed by atoms with Crippen LogP contribution in [0, 0.1) is 12.3 Å². The molecule has 0 aliphatic heterocycles. The number of hydrogen-bond donors (Lipinski definition) is 2. The molecule has 0 saturated heterocycles. The van der Waals surface area contributed by atoms with Gasteiger partial charge in [-0.25, -0.2) is 4.79 Å². The Balaban J connectivity index is 2.07. The Morgan fingerprint density at radius 2 is 2.15 bits per heavy atom. The topological polar surface area (TPSA) is 41.1 Å². The van der Waals surface area contributed by atoms with E-state index in [9.17, 15) is 4.79 Å². The zero-order valence-electron chi connectivity index (χ0n) is 7.81. The highest BCUT2D eigenvalue weighted by molar-refractivity contribution is 5.74. The van der Waals surface area contributed by atoms with Gasteiger partial charge in [0.1, 0.15) is 0 Å². The van der Waals surface area contributed by atoms with Gasteiger partial charge in [-0.2, -0.15) is 0 Å². The highest BCUT2D eigenvalue weighted by atomic mass is 16.2. The van der Waals surface area contributed by atoms with Gasteiger partial charge in [-0.15, -0.1) is 12.3 Å². The van der Waals surface area contributed by atoms with Crippen LogP contribution in [0.2, 0.25) is 0 Å². The van der Waals surface area contributed by atoms with Gasteiger partial charge in [0.2, 0.25) is 0 Å². The minimum Gasteiger partial charge on any atom is -0.337 e. The van der Waals surface area contributed by atoms with Gasteiger partial charge in [0.25, 0.3) is 0 Å². The van der Waals surface area contributed by atoms with E-state index in [1.165, 1.54) is 12.8 Å². The Morgan fingerprint density at radius 1 is 1.46 bits per heavy atom. The molecule has 0 heterocycles. The molecule has 72 valence electrons. The predicted octanol–water partition coefficient (Wildman–Crippen LogP) is 1.25. The lowest BCUT2D eigenvalue weighted by atomic mass is 10.2. The molecule has 13 heavy (non-hydrogen) atoms. The van der Waals surface area contributed by atoms with Crippen molar-refractivity contribution in [1.82, 2.24) is 10.6 Å². The molecule has 2 amide bonds. The second kappa shape index (κ2) is 5.47. The van der Waals surface area contributed by atoms with E-state index in [1.807, 2.05) is 0 Å². The van der Waals surface area contributed by atoms with Crippen LogP contribution in [0.15, 0.2) is 0 Å². The molecular weight excluding hydrogens is 164 g/mol. The third kappa shape index (κ3) is 3.84. The van der Waals surface area contributed by atoms with Gasteiger partial charge in [0.05, 0.1) is 0 Å². The SMILES string of the molecule is C#CCCNC(=O)NC1CCCC1. The quantitative estimate of drug-likeness (QED) is 0.498. The number of nitrogens with one attached hydrogen (secondary N) is 2. The van der Waals surface area contributed by atoms with Crippen molar-refractivity contribution in [2.24, 2.45) is 0 Å². The van der Waals surface area contributed by atoms with E-state index in [0.29, 0.717) is 19.0 Å². The minimum atomic E-state index is -0.0813. The van der Waals surface area contributed by atoms with E-state index in [-0.39, 0.29) is 6.03 Å². The molecule has 0 unspecified atom stereocenters. The van der Waals surface area contributed by atoms with Crippen molar-refractivity contribution in [3.63, 3.8) is 0 Å². The molecule has 3 heteroatoms. The number of urea groups is 1. The van der Waals surface area contributed by atoms with Crippen molar-refractivity contribution in [3.8, 4) is 12.3 Å². The highest BCUT2D eigenvalue weighted by Gasteiger charge is 2.16. The van der Waals surface area contributed by atoms with Gasteiger partial charge in [0.15, 0.2) is 0 Å². The van der Waals surface area contributed by atoms with Gasteiger partial charge in [-0.1, -0.05) is 12.8 Å². The van der Waals surface area contributed by atoms with Gasteiger partial charge < -0.3 is 10.6 Å². The van der Waals surface area contributed by atoms with Crippen LogP contribution < -0.4 is 10.6 Å². The Kier molecular flexibility index (Phi) is 4.17. The molecule has 0 aromatic carbocycles. The summed E-state index contributed by atoms with van der Waals surface area (Å²) in [5.41, 5.74) is 0. The number of carbonyl (C=O) groups excluding carboxylic acids is 1. The van der Waals surface area contributed by atoms with E-state index in [4.69, 9.17) is 6.42 Å². The summed E-state index contributed by atoms with van der Waals surface area (Å²) in [7, 11) is 0. The summed E-state index contributed by atoms with van der Waals surface area (Å²) in [6, 6.07) is 0.299. The third-order valence-electron chi connectivity index (χ3n) is 2.25. The molecular formula is C10H16N2O. The third-order valence-corrected chi connectivity index (χ3v) is 2.25. The largest absolute Gasteiger partial charge is 0.337 e. The van der Waals surface area contributed by atoms with Gasteiger partial charge in [-0.05, 0) is 12.8 Å². The van der Waals surface area contributed by atoms with Crippen LogP contribution in [0.4, 0.5) is 4.79 Å². The molecule has 1 rings (SSSR count). The average molecular weight is 180 g/mol. The molecule has 0 radical (unpaired) electrons. The van der Waals surface area contributed by atoms with Crippen molar-refractivity contribution in [3.05, 3.63) is 0 Å². The molecule has 1 saturated carbocycles. The van der Waals surface area contributed by atoms with Crippen molar-refractivity contribution in [2.45, 2.75) is 38.1 Å². The molecule has 0 atom stereocenters. The predicted molar refractivity (Wildman–Crippen MR) is 52.2 cm³/mol. The molecule has 3 nitrogen and oxygen atoms in total. The molecule has 0 spiro atoms. The number of terminal acetylenes is 1. The summed E-state index contributed by atoms with van der Waals surface area (Å²) in [4.78, 5) is 11.2. The van der Waals surface area contributed by atoms with Crippen LogP contribution in [0.25, 0.3) is 0 Å². The maximum Gasteiger partial charge on any atom is 0.315 e. The zero-order valence-corrected chi connectivity index (χ0v) is 7.81. The minimum absolute atomic E-state index is 0.0813. The van der Waals surface area contributed by atoms with E-state index < -0.39 is 0 Å². The Labute approximate surface area is 79.3 Å². The Hall–Kier alpha value is -1.17. The van der Waals surface area contributed by atoms with Crippen molar-refractivity contribution in [1.29, 1.82) is 0 Å². The first kappa shape index (κ1) is 9.91. The fourth-order valence-corrected chi connectivity index (χ4v) is 1.55. The first-order valence-corrected chi connectivity index (χ1v) is 4.81. The van der Waals surface area contributed by atoms with Crippen molar-refractivity contribution < 1.29 is 4.79 Å². The molecule has 0 bridgehead atoms. The van der Waals surface area contributed by atoms with Gasteiger partial charge in [-0.3, -0.25) is 0 Å². The van der Waals surface area contributed by atoms with Crippen LogP contribution in [-0.4, -0.2) is 18.6 Å². The number of carbonyl (C=O) groups is 1. The Morgan fingerprint density at radius 3 is 2.77 bits per heavy atom. The number of amides is 2. The summed E-state index contributed by atoms with van der Waals surface area (Å²) >= 11 is 0. The maximum atomic E-state index is 11.2. The Bertz CT molecular complexity index is 201. The number of hydrogen-bond acceptors (Lipinski definition) is 1. The fourth-order valence-electron chi connectivity index (χ4n) is 1.55. The van der Waals surface area contributed by atoms with Crippen LogP contribution in [-0.2, 0) is 0 Å². The average Bonchev–Trinajstić information content (AvgIpc) is 2.57. The smallest absolute Gasteiger partial charge is 0.315 e. The monoisotopic (exact) mass is 180 g/mol. The first-order chi connectivity index (χ1) is 6.33. The van der Waals surface area contributed by atoms with E-state index in [1.54, 1.807) is 0 Å². The summed E-state index contributed by atoms with van der Waals surface area (Å²) in [5, 5.41) is 5.64. The molecule has 1 fully saturated rings. The molecule has 1 aliphatic rings. The van der Waals surface area contributed by atoms with E-state index in [0.717, 1.165) is 12.8 Å². The molecule has 2 N–H and O–H groups in total. The second-order valence-electron chi connectivity index (χ2n) is 3.34. The van der Waals surface area contributed by atoms with Gasteiger partial charge in [0, 0.05) is 19.0 Å². The second-order valence-corrected chi connectivity index (χ2v) is 3.34. The number of rotatable bonds is 3. The standard InChI is InChI=1S/C10H16N2O/c1-2-3-8-11-10(13)12-9-6-4-5-7-9/h1,9H,3-8H2,(H2,11,12,13). The summed E-state index contributed by atoms with van der Waals surface area (Å²) in [6.45, 7) is 0.565. The van der Waals surface area contributed by atoms with Crippen LogP contribution in [0.1, 0.15) is 32.1 Å². The van der Waals surface area contributed by atoms with Crippen LogP contribution >= 0.6 is 0 Å². The van der Waals surface area contributed by atoms with Crippen LogP contribution in [0.5, 0.6) is 0 Å². The van der Waals surface area contributed by atoms with E-state index >= 15 is 0 Å². The zero-order chi connectivity index (χ0) is 9.52. The molecule has 1 aliphatic carbocycles.